The zero-order valence-electron chi connectivity index (χ0n) is 8.02. The highest BCUT2D eigenvalue weighted by atomic mass is 16.7. The Hall–Kier alpha value is -0.570. The van der Waals surface area contributed by atoms with Crippen molar-refractivity contribution in [1.29, 1.82) is 0 Å². The Balaban J connectivity index is 2.17. The van der Waals surface area contributed by atoms with Gasteiger partial charge in [0.15, 0.2) is 0 Å². The van der Waals surface area contributed by atoms with E-state index in [0.717, 1.165) is 12.8 Å². The van der Waals surface area contributed by atoms with E-state index in [1.807, 2.05) is 20.8 Å². The third-order valence-corrected chi connectivity index (χ3v) is 2.04. The lowest BCUT2D eigenvalue weighted by molar-refractivity contribution is -0.164. The molecule has 0 aromatic rings. The van der Waals surface area contributed by atoms with Crippen LogP contribution in [0.15, 0.2) is 0 Å². The fraction of sp³-hybridized carbons (Fsp3) is 0.889. The van der Waals surface area contributed by atoms with Gasteiger partial charge in [0.1, 0.15) is 0 Å². The van der Waals surface area contributed by atoms with E-state index in [-0.39, 0.29) is 5.97 Å². The molecule has 1 aliphatic carbocycles. The fourth-order valence-electron chi connectivity index (χ4n) is 0.816. The minimum Gasteiger partial charge on any atom is -0.370 e. The monoisotopic (exact) mass is 171 g/mol. The highest BCUT2D eigenvalue weighted by Gasteiger charge is 2.25. The Morgan fingerprint density at radius 1 is 1.42 bits per heavy atom. The Morgan fingerprint density at radius 3 is 2.33 bits per heavy atom. The van der Waals surface area contributed by atoms with Crippen LogP contribution < -0.4 is 5.48 Å². The summed E-state index contributed by atoms with van der Waals surface area (Å²) in [5.41, 5.74) is 2.37. The Morgan fingerprint density at radius 2 is 2.00 bits per heavy atom. The van der Waals surface area contributed by atoms with E-state index in [1.54, 1.807) is 0 Å². The van der Waals surface area contributed by atoms with Gasteiger partial charge in [0.05, 0.1) is 5.41 Å². The molecule has 1 fully saturated rings. The van der Waals surface area contributed by atoms with Crippen molar-refractivity contribution in [2.45, 2.75) is 46.1 Å². The van der Waals surface area contributed by atoms with Gasteiger partial charge < -0.3 is 4.84 Å². The average Bonchev–Trinajstić information content (AvgIpc) is 1.81. The molecule has 0 bridgehead atoms. The maximum absolute atomic E-state index is 11.2. The summed E-state index contributed by atoms with van der Waals surface area (Å²) >= 11 is 0. The lowest BCUT2D eigenvalue weighted by Crippen LogP contribution is -2.39. The van der Waals surface area contributed by atoms with Gasteiger partial charge in [-0.3, -0.25) is 0 Å². The number of rotatable bonds is 2. The summed E-state index contributed by atoms with van der Waals surface area (Å²) in [4.78, 5) is 16.1. The van der Waals surface area contributed by atoms with Crippen molar-refractivity contribution >= 4 is 5.97 Å². The van der Waals surface area contributed by atoms with Gasteiger partial charge in [0, 0.05) is 6.04 Å². The van der Waals surface area contributed by atoms with Gasteiger partial charge in [-0.2, -0.15) is 5.48 Å². The van der Waals surface area contributed by atoms with E-state index in [4.69, 9.17) is 4.84 Å². The normalized spacial score (nSPS) is 18.6. The van der Waals surface area contributed by atoms with Gasteiger partial charge in [0.25, 0.3) is 0 Å². The van der Waals surface area contributed by atoms with Crippen molar-refractivity contribution in [2.24, 2.45) is 5.41 Å². The minimum absolute atomic E-state index is 0.186. The van der Waals surface area contributed by atoms with Crippen molar-refractivity contribution in [1.82, 2.24) is 5.48 Å². The van der Waals surface area contributed by atoms with Crippen LogP contribution in [-0.2, 0) is 9.63 Å². The molecule has 0 spiro atoms. The van der Waals surface area contributed by atoms with Crippen molar-refractivity contribution < 1.29 is 9.63 Å². The molecule has 0 saturated heterocycles. The summed E-state index contributed by atoms with van der Waals surface area (Å²) in [5.74, 6) is -0.186. The summed E-state index contributed by atoms with van der Waals surface area (Å²) in [6.45, 7) is 5.54. The largest absolute Gasteiger partial charge is 0.370 e. The highest BCUT2D eigenvalue weighted by Crippen LogP contribution is 2.19. The maximum atomic E-state index is 11.2. The molecule has 0 amide bonds. The molecule has 70 valence electrons. The number of carbonyl (C=O) groups excluding carboxylic acids is 1. The van der Waals surface area contributed by atoms with Crippen LogP contribution in [0.1, 0.15) is 40.0 Å². The van der Waals surface area contributed by atoms with Crippen LogP contribution in [0.3, 0.4) is 0 Å². The van der Waals surface area contributed by atoms with Gasteiger partial charge in [-0.25, -0.2) is 4.79 Å². The first-order valence-electron chi connectivity index (χ1n) is 4.47. The second kappa shape index (κ2) is 3.44. The molecule has 0 aromatic carbocycles. The molecule has 1 saturated carbocycles. The molecule has 0 unspecified atom stereocenters. The minimum atomic E-state index is -0.406. The summed E-state index contributed by atoms with van der Waals surface area (Å²) in [6, 6.07) is 0.399. The van der Waals surface area contributed by atoms with E-state index in [0.29, 0.717) is 6.04 Å². The van der Waals surface area contributed by atoms with Gasteiger partial charge in [-0.05, 0) is 33.6 Å². The third kappa shape index (κ3) is 2.48. The zero-order valence-corrected chi connectivity index (χ0v) is 8.02. The van der Waals surface area contributed by atoms with Gasteiger partial charge in [-0.15, -0.1) is 0 Å². The topological polar surface area (TPSA) is 38.3 Å². The van der Waals surface area contributed by atoms with Crippen LogP contribution >= 0.6 is 0 Å². The van der Waals surface area contributed by atoms with E-state index in [9.17, 15) is 4.79 Å². The van der Waals surface area contributed by atoms with E-state index < -0.39 is 5.41 Å². The standard InChI is InChI=1S/C9H17NO2/c1-9(2,3)8(11)12-10-7-5-4-6-7/h7,10H,4-6H2,1-3H3. The van der Waals surface area contributed by atoms with E-state index >= 15 is 0 Å². The quantitative estimate of drug-likeness (QED) is 0.642. The van der Waals surface area contributed by atoms with Gasteiger partial charge in [-0.1, -0.05) is 6.42 Å². The number of nitrogens with one attached hydrogen (secondary N) is 1. The van der Waals surface area contributed by atoms with Crippen LogP contribution in [0.5, 0.6) is 0 Å². The number of hydrogen-bond acceptors (Lipinski definition) is 3. The predicted molar refractivity (Wildman–Crippen MR) is 46.3 cm³/mol. The van der Waals surface area contributed by atoms with Crippen molar-refractivity contribution in [3.8, 4) is 0 Å². The molecule has 0 heterocycles. The van der Waals surface area contributed by atoms with Crippen LogP contribution in [0.2, 0.25) is 0 Å². The molecule has 12 heavy (non-hydrogen) atoms. The first-order chi connectivity index (χ1) is 5.50. The van der Waals surface area contributed by atoms with Crippen LogP contribution in [0, 0.1) is 5.41 Å². The third-order valence-electron chi connectivity index (χ3n) is 2.04. The van der Waals surface area contributed by atoms with Crippen molar-refractivity contribution in [3.63, 3.8) is 0 Å². The molecule has 1 aliphatic rings. The lowest BCUT2D eigenvalue weighted by atomic mass is 9.94. The highest BCUT2D eigenvalue weighted by molar-refractivity contribution is 5.75. The molecule has 0 aliphatic heterocycles. The van der Waals surface area contributed by atoms with Crippen LogP contribution in [-0.4, -0.2) is 12.0 Å². The smallest absolute Gasteiger partial charge is 0.329 e. The number of hydroxylamine groups is 1. The Kier molecular flexibility index (Phi) is 2.73. The lowest BCUT2D eigenvalue weighted by Gasteiger charge is -2.27. The summed E-state index contributed by atoms with van der Waals surface area (Å²) in [5, 5.41) is 0. The first-order valence-corrected chi connectivity index (χ1v) is 4.47. The Labute approximate surface area is 73.4 Å². The van der Waals surface area contributed by atoms with Gasteiger partial charge in [0.2, 0.25) is 0 Å². The van der Waals surface area contributed by atoms with Crippen molar-refractivity contribution in [3.05, 3.63) is 0 Å². The summed E-state index contributed by atoms with van der Waals surface area (Å²) < 4.78 is 0. The number of hydrogen-bond donors (Lipinski definition) is 1. The molecule has 0 aromatic heterocycles. The molecular formula is C9H17NO2. The van der Waals surface area contributed by atoms with Crippen LogP contribution in [0.4, 0.5) is 0 Å². The fourth-order valence-corrected chi connectivity index (χ4v) is 0.816. The molecule has 1 N–H and O–H groups in total. The van der Waals surface area contributed by atoms with Crippen LogP contribution in [0.25, 0.3) is 0 Å². The SMILES string of the molecule is CC(C)(C)C(=O)ONC1CCC1. The van der Waals surface area contributed by atoms with E-state index in [2.05, 4.69) is 5.48 Å². The Bertz CT molecular complexity index is 168. The maximum Gasteiger partial charge on any atom is 0.329 e. The zero-order chi connectivity index (χ0) is 9.19. The van der Waals surface area contributed by atoms with E-state index in [1.165, 1.54) is 6.42 Å². The molecule has 1 rings (SSSR count). The van der Waals surface area contributed by atoms with Crippen molar-refractivity contribution in [2.75, 3.05) is 0 Å². The average molecular weight is 171 g/mol. The predicted octanol–water partition coefficient (Wildman–Crippen LogP) is 1.63. The molecule has 0 radical (unpaired) electrons. The summed E-state index contributed by atoms with van der Waals surface area (Å²) in [7, 11) is 0. The first kappa shape index (κ1) is 9.52. The second-order valence-corrected chi connectivity index (χ2v) is 4.39. The second-order valence-electron chi connectivity index (χ2n) is 4.39. The summed E-state index contributed by atoms with van der Waals surface area (Å²) in [6.07, 6.45) is 3.49. The number of carbonyl (C=O) groups is 1. The molecular weight excluding hydrogens is 154 g/mol. The molecule has 3 heteroatoms. The van der Waals surface area contributed by atoms with Gasteiger partial charge >= 0.3 is 5.97 Å². The molecule has 3 nitrogen and oxygen atoms in total. The molecule has 0 atom stereocenters.